The summed E-state index contributed by atoms with van der Waals surface area (Å²) in [5.41, 5.74) is 3.14. The van der Waals surface area contributed by atoms with Crippen LogP contribution >= 0.6 is 0 Å². The first-order valence-electron chi connectivity index (χ1n) is 27.0. The first kappa shape index (κ1) is 51.9. The Hall–Kier alpha value is -8.82. The first-order valence-corrected chi connectivity index (χ1v) is 27.0. The number of cyclic esters (lactones) is 1. The molecule has 17 heteroatoms. The number of carbonyl (C=O) groups is 4. The fraction of sp³-hybridized carbons (Fsp3) is 0.302. The SMILES string of the molecule is O=C1OC(c2ccccc2)C(c2ccccc2)N2C1C(C(=O)N1CCN(Cc3ccc4c(c3)OCO4)CC1)C1(C(=O)N(C(=O)OCc3ccc([N+](=O)[O-])cc3)c3ccc(C#CC4=CCCCC4)cc31)C2c1ccc(OCCO)cc1. The number of piperazine rings is 1. The van der Waals surface area contributed by atoms with Crippen LogP contribution in [0.25, 0.3) is 0 Å². The molecule has 3 fully saturated rings. The number of hydrogen-bond donors (Lipinski definition) is 1. The summed E-state index contributed by atoms with van der Waals surface area (Å²) in [6.45, 7) is 1.57. The third-order valence-corrected chi connectivity index (χ3v) is 16.2. The van der Waals surface area contributed by atoms with Crippen LogP contribution in [-0.2, 0) is 42.4 Å². The van der Waals surface area contributed by atoms with Crippen LogP contribution in [0, 0.1) is 27.9 Å². The summed E-state index contributed by atoms with van der Waals surface area (Å²) in [6.07, 6.45) is 3.94. The number of esters is 1. The lowest BCUT2D eigenvalue weighted by Gasteiger charge is -2.46. The standard InChI is InChI=1S/C63H57N5O12/c69-34-35-76-49-26-22-47(23-27-49)58-63(50-36-42(17-16-41-10-4-1-5-11-41)20-28-51(50)66(61(63)72)62(73)77-39-43-18-24-48(25-19-43)68(74)75)54(59(70)65-32-30-64(31-33-65)38-44-21-29-52-53(37-44)79-40-78-52)56-60(71)80-57(46-14-8-3-9-15-46)55(67(56)58)45-12-6-2-7-13-45/h2-3,6-10,12-15,18-29,36-37,54-58,69H,1,4-5,11,30-35,38-40H2. The minimum absolute atomic E-state index is 0.0195. The summed E-state index contributed by atoms with van der Waals surface area (Å²) < 4.78 is 29.8. The molecule has 80 heavy (non-hydrogen) atoms. The molecule has 0 radical (unpaired) electrons. The van der Waals surface area contributed by atoms with Crippen LogP contribution in [-0.4, -0.2) is 101 Å². The number of rotatable bonds is 12. The largest absolute Gasteiger partial charge is 0.491 e. The molecule has 17 nitrogen and oxygen atoms in total. The van der Waals surface area contributed by atoms with E-state index in [4.69, 9.17) is 23.7 Å². The Labute approximate surface area is 462 Å². The van der Waals surface area contributed by atoms with Gasteiger partial charge in [0, 0.05) is 50.4 Å². The lowest BCUT2D eigenvalue weighted by molar-refractivity contribution is -0.384. The predicted octanol–water partition coefficient (Wildman–Crippen LogP) is 8.89. The summed E-state index contributed by atoms with van der Waals surface area (Å²) in [7, 11) is 0. The van der Waals surface area contributed by atoms with Gasteiger partial charge in [0.05, 0.1) is 35.2 Å². The zero-order chi connectivity index (χ0) is 54.9. The number of imide groups is 1. The average Bonchev–Trinajstić information content (AvgIpc) is 2.62. The summed E-state index contributed by atoms with van der Waals surface area (Å²) in [4.78, 5) is 82.3. The van der Waals surface area contributed by atoms with Crippen molar-refractivity contribution in [2.24, 2.45) is 5.92 Å². The minimum Gasteiger partial charge on any atom is -0.491 e. The van der Waals surface area contributed by atoms with Crippen LogP contribution in [0.4, 0.5) is 16.2 Å². The second kappa shape index (κ2) is 22.1. The Balaban J connectivity index is 1.04. The predicted molar refractivity (Wildman–Crippen MR) is 292 cm³/mol. The molecule has 6 aromatic rings. The number of aliphatic hydroxyl groups excluding tert-OH is 1. The molecule has 1 spiro atoms. The molecule has 406 valence electrons. The number of morpholine rings is 1. The van der Waals surface area contributed by atoms with Gasteiger partial charge in [0.25, 0.3) is 5.69 Å². The summed E-state index contributed by atoms with van der Waals surface area (Å²) >= 11 is 0. The van der Waals surface area contributed by atoms with Gasteiger partial charge in [-0.1, -0.05) is 96.8 Å². The molecule has 0 saturated carbocycles. The van der Waals surface area contributed by atoms with E-state index >= 15 is 19.2 Å². The smallest absolute Gasteiger partial charge is 0.421 e. The molecule has 5 aliphatic heterocycles. The molecule has 0 aromatic heterocycles. The van der Waals surface area contributed by atoms with Gasteiger partial charge in [-0.25, -0.2) is 9.69 Å². The number of carbonyl (C=O) groups excluding carboxylic acids is 4. The van der Waals surface area contributed by atoms with Crippen LogP contribution in [0.3, 0.4) is 0 Å². The molecular formula is C63H57N5O12. The van der Waals surface area contributed by atoms with E-state index in [1.807, 2.05) is 83.8 Å². The van der Waals surface area contributed by atoms with Crippen molar-refractivity contribution in [2.75, 3.05) is 51.1 Å². The number of hydrogen-bond acceptors (Lipinski definition) is 14. The van der Waals surface area contributed by atoms with Crippen molar-refractivity contribution >= 4 is 35.3 Å². The zero-order valence-electron chi connectivity index (χ0n) is 43.7. The van der Waals surface area contributed by atoms with E-state index in [1.54, 1.807) is 47.4 Å². The quantitative estimate of drug-likeness (QED) is 0.0529. The van der Waals surface area contributed by atoms with Crippen molar-refractivity contribution in [3.8, 4) is 29.1 Å². The molecule has 12 rings (SSSR count). The average molecular weight is 1080 g/mol. The maximum Gasteiger partial charge on any atom is 0.421 e. The molecule has 5 heterocycles. The van der Waals surface area contributed by atoms with Gasteiger partial charge in [-0.2, -0.15) is 0 Å². The molecule has 6 unspecified atom stereocenters. The van der Waals surface area contributed by atoms with Crippen molar-refractivity contribution in [1.82, 2.24) is 14.7 Å². The minimum atomic E-state index is -2.07. The second-order valence-corrected chi connectivity index (χ2v) is 20.8. The Morgan fingerprint density at radius 1 is 0.762 bits per heavy atom. The van der Waals surface area contributed by atoms with Gasteiger partial charge in [0.15, 0.2) is 11.5 Å². The van der Waals surface area contributed by atoms with E-state index in [-0.39, 0.29) is 51.1 Å². The van der Waals surface area contributed by atoms with E-state index in [0.29, 0.717) is 64.7 Å². The Bertz CT molecular complexity index is 3450. The zero-order valence-corrected chi connectivity index (χ0v) is 43.7. The number of ether oxygens (including phenoxy) is 5. The van der Waals surface area contributed by atoms with Crippen molar-refractivity contribution in [3.05, 3.63) is 206 Å². The van der Waals surface area contributed by atoms with Crippen LogP contribution in [0.1, 0.15) is 82.8 Å². The number of fused-ring (bicyclic) bond motifs is 4. The van der Waals surface area contributed by atoms with Gasteiger partial charge < -0.3 is 33.7 Å². The third-order valence-electron chi connectivity index (χ3n) is 16.2. The van der Waals surface area contributed by atoms with Crippen LogP contribution in [0.2, 0.25) is 0 Å². The Morgan fingerprint density at radius 3 is 2.20 bits per heavy atom. The van der Waals surface area contributed by atoms with Gasteiger partial charge in [0.1, 0.15) is 36.5 Å². The highest BCUT2D eigenvalue weighted by atomic mass is 16.7. The molecule has 1 N–H and O–H groups in total. The first-order chi connectivity index (χ1) is 39.1. The Morgan fingerprint density at radius 2 is 1.49 bits per heavy atom. The summed E-state index contributed by atoms with van der Waals surface area (Å²) in [6, 6.07) is 39.2. The number of nitro groups is 1. The lowest BCUT2D eigenvalue weighted by Crippen LogP contribution is -2.59. The topological polar surface area (TPSA) is 191 Å². The van der Waals surface area contributed by atoms with Crippen molar-refractivity contribution in [2.45, 2.75) is 68.5 Å². The highest BCUT2D eigenvalue weighted by Gasteiger charge is 2.76. The van der Waals surface area contributed by atoms with E-state index in [0.717, 1.165) is 47.3 Å². The second-order valence-electron chi connectivity index (χ2n) is 20.8. The van der Waals surface area contributed by atoms with Crippen molar-refractivity contribution < 1.29 is 52.9 Å². The highest BCUT2D eigenvalue weighted by Crippen LogP contribution is 2.66. The Kier molecular flexibility index (Phi) is 14.4. The highest BCUT2D eigenvalue weighted by molar-refractivity contribution is 6.23. The number of amides is 3. The maximum absolute atomic E-state index is 16.9. The van der Waals surface area contributed by atoms with Crippen LogP contribution < -0.4 is 19.1 Å². The summed E-state index contributed by atoms with van der Waals surface area (Å²) in [5, 5.41) is 21.3. The van der Waals surface area contributed by atoms with E-state index < -0.39 is 64.4 Å². The number of non-ortho nitro benzene ring substituents is 1. The van der Waals surface area contributed by atoms with Gasteiger partial charge in [-0.15, -0.1) is 0 Å². The van der Waals surface area contributed by atoms with Crippen molar-refractivity contribution in [1.29, 1.82) is 0 Å². The number of nitro benzene ring substituents is 1. The van der Waals surface area contributed by atoms with Crippen molar-refractivity contribution in [3.63, 3.8) is 0 Å². The van der Waals surface area contributed by atoms with E-state index in [2.05, 4.69) is 22.8 Å². The van der Waals surface area contributed by atoms with E-state index in [1.165, 1.54) is 24.3 Å². The van der Waals surface area contributed by atoms with Gasteiger partial charge in [0.2, 0.25) is 18.6 Å². The number of anilines is 1. The van der Waals surface area contributed by atoms with Crippen LogP contribution in [0.15, 0.2) is 157 Å². The number of nitrogens with zero attached hydrogens (tertiary/aromatic N) is 5. The fourth-order valence-electron chi connectivity index (χ4n) is 12.5. The third kappa shape index (κ3) is 9.58. The molecular weight excluding hydrogens is 1020 g/mol. The molecule has 0 bridgehead atoms. The molecule has 3 saturated heterocycles. The summed E-state index contributed by atoms with van der Waals surface area (Å²) in [5.74, 6) is 5.01. The van der Waals surface area contributed by atoms with Gasteiger partial charge in [-0.3, -0.25) is 34.3 Å². The van der Waals surface area contributed by atoms with Crippen LogP contribution in [0.5, 0.6) is 17.2 Å². The van der Waals surface area contributed by atoms with E-state index in [9.17, 15) is 15.2 Å². The molecule has 1 aliphatic carbocycles. The number of aliphatic hydroxyl groups is 1. The fourth-order valence-corrected chi connectivity index (χ4v) is 12.5. The maximum atomic E-state index is 16.9. The normalized spacial score (nSPS) is 23.1. The molecule has 6 aliphatic rings. The number of allylic oxidation sites excluding steroid dienone is 2. The number of benzene rings is 6. The molecule has 6 aromatic carbocycles. The monoisotopic (exact) mass is 1080 g/mol. The molecule has 3 amide bonds. The lowest BCUT2D eigenvalue weighted by atomic mass is 9.64. The van der Waals surface area contributed by atoms with Gasteiger partial charge in [-0.05, 0) is 119 Å². The molecule has 6 atom stereocenters. The van der Waals surface area contributed by atoms with Gasteiger partial charge >= 0.3 is 12.1 Å².